The van der Waals surface area contributed by atoms with Crippen LogP contribution in [0.1, 0.15) is 11.1 Å². The van der Waals surface area contributed by atoms with Gasteiger partial charge in [-0.2, -0.15) is 13.2 Å². The Hall–Kier alpha value is -2.83. The van der Waals surface area contributed by atoms with Gasteiger partial charge in [0.2, 0.25) is 5.91 Å². The molecule has 3 rings (SSSR count). The van der Waals surface area contributed by atoms with Gasteiger partial charge in [0.15, 0.2) is 0 Å². The molecule has 0 aliphatic rings. The zero-order valence-electron chi connectivity index (χ0n) is 11.8. The molecule has 0 fully saturated rings. The molecule has 7 heteroatoms. The summed E-state index contributed by atoms with van der Waals surface area (Å²) in [6, 6.07) is 10.0. The van der Waals surface area contributed by atoms with E-state index in [1.165, 1.54) is 12.1 Å². The van der Waals surface area contributed by atoms with E-state index in [0.717, 1.165) is 12.1 Å². The summed E-state index contributed by atoms with van der Waals surface area (Å²) in [5, 5.41) is 0. The number of amides is 1. The number of H-pyrrole nitrogens is 1. The normalized spacial score (nSPS) is 11.8. The van der Waals surface area contributed by atoms with Crippen LogP contribution >= 0.6 is 0 Å². The molecule has 2 aromatic carbocycles. The third-order valence-electron chi connectivity index (χ3n) is 3.45. The highest BCUT2D eigenvalue weighted by Gasteiger charge is 2.30. The topological polar surface area (TPSA) is 71.8 Å². The van der Waals surface area contributed by atoms with E-state index in [9.17, 15) is 18.0 Å². The van der Waals surface area contributed by atoms with Crippen molar-refractivity contribution in [3.63, 3.8) is 0 Å². The number of primary amides is 1. The summed E-state index contributed by atoms with van der Waals surface area (Å²) in [6.45, 7) is 0. The van der Waals surface area contributed by atoms with E-state index in [0.29, 0.717) is 28.0 Å². The Labute approximate surface area is 129 Å². The van der Waals surface area contributed by atoms with Crippen molar-refractivity contribution in [1.29, 1.82) is 0 Å². The molecule has 0 unspecified atom stereocenters. The second-order valence-electron chi connectivity index (χ2n) is 5.12. The first-order valence-electron chi connectivity index (χ1n) is 6.78. The van der Waals surface area contributed by atoms with Gasteiger partial charge < -0.3 is 10.7 Å². The fourth-order valence-corrected chi connectivity index (χ4v) is 2.38. The molecule has 0 bridgehead atoms. The number of alkyl halides is 3. The number of fused-ring (bicyclic) bond motifs is 1. The van der Waals surface area contributed by atoms with Crippen molar-refractivity contribution < 1.29 is 18.0 Å². The number of nitrogens with zero attached hydrogens (tertiary/aromatic N) is 1. The number of carbonyl (C=O) groups excluding carboxylic acids is 1. The fraction of sp³-hybridized carbons (Fsp3) is 0.125. The smallest absolute Gasteiger partial charge is 0.369 e. The Morgan fingerprint density at radius 1 is 1.13 bits per heavy atom. The number of halogens is 3. The predicted octanol–water partition coefficient (Wildman–Crippen LogP) is 3.28. The Morgan fingerprint density at radius 2 is 1.83 bits per heavy atom. The van der Waals surface area contributed by atoms with Crippen LogP contribution in [0, 0.1) is 0 Å². The molecule has 1 aromatic heterocycles. The van der Waals surface area contributed by atoms with Gasteiger partial charge in [-0.05, 0) is 23.8 Å². The zero-order chi connectivity index (χ0) is 16.6. The van der Waals surface area contributed by atoms with E-state index in [-0.39, 0.29) is 6.42 Å². The molecule has 4 nitrogen and oxygen atoms in total. The number of hydrogen-bond acceptors (Lipinski definition) is 2. The van der Waals surface area contributed by atoms with E-state index in [1.54, 1.807) is 18.2 Å². The second kappa shape index (κ2) is 5.42. The van der Waals surface area contributed by atoms with Crippen LogP contribution in [-0.4, -0.2) is 15.9 Å². The lowest BCUT2D eigenvalue weighted by molar-refractivity contribution is -0.137. The summed E-state index contributed by atoms with van der Waals surface area (Å²) < 4.78 is 37.8. The lowest BCUT2D eigenvalue weighted by Crippen LogP contribution is -2.13. The lowest BCUT2D eigenvalue weighted by atomic mass is 10.1. The highest BCUT2D eigenvalue weighted by atomic mass is 19.4. The highest BCUT2D eigenvalue weighted by molar-refractivity contribution is 5.87. The Morgan fingerprint density at radius 3 is 2.43 bits per heavy atom. The van der Waals surface area contributed by atoms with E-state index in [1.807, 2.05) is 0 Å². The van der Waals surface area contributed by atoms with E-state index in [4.69, 9.17) is 5.73 Å². The molecule has 0 saturated heterocycles. The largest absolute Gasteiger partial charge is 0.416 e. The SMILES string of the molecule is NC(=O)Cc1cccc2[nH]c(-c3ccc(C(F)(F)F)cc3)nc12. The summed E-state index contributed by atoms with van der Waals surface area (Å²) in [5.41, 5.74) is 6.97. The number of aromatic nitrogens is 2. The maximum Gasteiger partial charge on any atom is 0.416 e. The third-order valence-corrected chi connectivity index (χ3v) is 3.45. The predicted molar refractivity (Wildman–Crippen MR) is 79.4 cm³/mol. The van der Waals surface area contributed by atoms with Gasteiger partial charge in [-0.1, -0.05) is 24.3 Å². The lowest BCUT2D eigenvalue weighted by Gasteiger charge is -2.06. The number of carbonyl (C=O) groups is 1. The van der Waals surface area contributed by atoms with Crippen molar-refractivity contribution in [3.05, 3.63) is 53.6 Å². The maximum absolute atomic E-state index is 12.6. The molecular formula is C16H12F3N3O. The summed E-state index contributed by atoms with van der Waals surface area (Å²) >= 11 is 0. The fourth-order valence-electron chi connectivity index (χ4n) is 2.38. The summed E-state index contributed by atoms with van der Waals surface area (Å²) in [4.78, 5) is 18.5. The van der Waals surface area contributed by atoms with Crippen LogP contribution in [-0.2, 0) is 17.4 Å². The number of hydrogen-bond donors (Lipinski definition) is 2. The van der Waals surface area contributed by atoms with Crippen molar-refractivity contribution in [3.8, 4) is 11.4 Å². The first-order valence-corrected chi connectivity index (χ1v) is 6.78. The van der Waals surface area contributed by atoms with E-state index in [2.05, 4.69) is 9.97 Å². The van der Waals surface area contributed by atoms with E-state index < -0.39 is 17.6 Å². The van der Waals surface area contributed by atoms with Crippen molar-refractivity contribution in [2.75, 3.05) is 0 Å². The quantitative estimate of drug-likeness (QED) is 0.777. The van der Waals surface area contributed by atoms with Gasteiger partial charge >= 0.3 is 6.18 Å². The number of imidazole rings is 1. The number of nitrogens with two attached hydrogens (primary N) is 1. The molecule has 1 heterocycles. The molecule has 23 heavy (non-hydrogen) atoms. The summed E-state index contributed by atoms with van der Waals surface area (Å²) in [7, 11) is 0. The molecule has 0 aliphatic heterocycles. The molecule has 0 aliphatic carbocycles. The van der Waals surface area contributed by atoms with Crippen LogP contribution in [0.4, 0.5) is 13.2 Å². The Kier molecular flexibility index (Phi) is 3.55. The van der Waals surface area contributed by atoms with Gasteiger partial charge in [-0.3, -0.25) is 4.79 Å². The van der Waals surface area contributed by atoms with Crippen molar-refractivity contribution in [2.24, 2.45) is 5.73 Å². The van der Waals surface area contributed by atoms with Gasteiger partial charge in [-0.25, -0.2) is 4.98 Å². The van der Waals surface area contributed by atoms with Crippen LogP contribution in [0.2, 0.25) is 0 Å². The van der Waals surface area contributed by atoms with Gasteiger partial charge in [0.05, 0.1) is 23.0 Å². The van der Waals surface area contributed by atoms with Gasteiger partial charge in [0.25, 0.3) is 0 Å². The number of aromatic amines is 1. The van der Waals surface area contributed by atoms with Gasteiger partial charge in [0, 0.05) is 5.56 Å². The summed E-state index contributed by atoms with van der Waals surface area (Å²) in [6.07, 6.45) is -4.32. The monoisotopic (exact) mass is 319 g/mol. The molecule has 118 valence electrons. The standard InChI is InChI=1S/C16H12F3N3O/c17-16(18,19)11-6-4-9(5-7-11)15-21-12-3-1-2-10(8-13(20)23)14(12)22-15/h1-7H,8H2,(H2,20,23)(H,21,22). The van der Waals surface area contributed by atoms with Crippen LogP contribution in [0.5, 0.6) is 0 Å². The average Bonchev–Trinajstić information content (AvgIpc) is 2.91. The molecule has 3 aromatic rings. The molecule has 0 atom stereocenters. The molecule has 1 amide bonds. The van der Waals surface area contributed by atoms with Gasteiger partial charge in [-0.15, -0.1) is 0 Å². The number of para-hydroxylation sites is 1. The molecular weight excluding hydrogens is 307 g/mol. The minimum absolute atomic E-state index is 0.0502. The summed E-state index contributed by atoms with van der Waals surface area (Å²) in [5.74, 6) is -0.0396. The molecule has 0 radical (unpaired) electrons. The minimum atomic E-state index is -4.37. The average molecular weight is 319 g/mol. The first-order chi connectivity index (χ1) is 10.8. The maximum atomic E-state index is 12.6. The minimum Gasteiger partial charge on any atom is -0.369 e. The number of benzene rings is 2. The third kappa shape index (κ3) is 3.03. The molecule has 0 saturated carbocycles. The highest BCUT2D eigenvalue weighted by Crippen LogP contribution is 2.31. The Bertz CT molecular complexity index is 866. The van der Waals surface area contributed by atoms with Crippen molar-refractivity contribution >= 4 is 16.9 Å². The second-order valence-corrected chi connectivity index (χ2v) is 5.12. The van der Waals surface area contributed by atoms with Gasteiger partial charge in [0.1, 0.15) is 5.82 Å². The zero-order valence-corrected chi connectivity index (χ0v) is 11.8. The van der Waals surface area contributed by atoms with Crippen LogP contribution < -0.4 is 5.73 Å². The van der Waals surface area contributed by atoms with Crippen LogP contribution in [0.15, 0.2) is 42.5 Å². The molecule has 0 spiro atoms. The van der Waals surface area contributed by atoms with E-state index >= 15 is 0 Å². The van der Waals surface area contributed by atoms with Crippen LogP contribution in [0.25, 0.3) is 22.4 Å². The van der Waals surface area contributed by atoms with Crippen LogP contribution in [0.3, 0.4) is 0 Å². The molecule has 3 N–H and O–H groups in total. The van der Waals surface area contributed by atoms with Crippen molar-refractivity contribution in [2.45, 2.75) is 12.6 Å². The number of rotatable bonds is 3. The Balaban J connectivity index is 2.02. The van der Waals surface area contributed by atoms with Crippen molar-refractivity contribution in [1.82, 2.24) is 9.97 Å². The number of nitrogens with one attached hydrogen (secondary N) is 1. The first kappa shape index (κ1) is 15.1.